The average molecular weight is 366 g/mol. The van der Waals surface area contributed by atoms with E-state index in [4.69, 9.17) is 0 Å². The first-order chi connectivity index (χ1) is 12.7. The van der Waals surface area contributed by atoms with Gasteiger partial charge in [-0.1, -0.05) is 30.3 Å². The molecule has 0 saturated heterocycles. The number of nitrogens with one attached hydrogen (secondary N) is 1. The molecule has 2 aromatic heterocycles. The summed E-state index contributed by atoms with van der Waals surface area (Å²) in [5.74, 6) is -0.252. The van der Waals surface area contributed by atoms with E-state index in [1.165, 1.54) is 46.3 Å². The Morgan fingerprint density at radius 1 is 1.23 bits per heavy atom. The van der Waals surface area contributed by atoms with E-state index >= 15 is 0 Å². The molecule has 26 heavy (non-hydrogen) atoms. The summed E-state index contributed by atoms with van der Waals surface area (Å²) in [4.78, 5) is 20.4. The Hall–Kier alpha value is -2.77. The van der Waals surface area contributed by atoms with E-state index in [-0.39, 0.29) is 5.91 Å². The minimum atomic E-state index is -0.252. The van der Waals surface area contributed by atoms with E-state index in [0.717, 1.165) is 31.7 Å². The summed E-state index contributed by atoms with van der Waals surface area (Å²) in [5.41, 5.74) is 2.81. The van der Waals surface area contributed by atoms with Crippen LogP contribution in [0.5, 0.6) is 0 Å². The van der Waals surface area contributed by atoms with Gasteiger partial charge in [0.15, 0.2) is 17.5 Å². The zero-order valence-electron chi connectivity index (χ0n) is 14.1. The molecule has 6 nitrogen and oxygen atoms in total. The van der Waals surface area contributed by atoms with Crippen molar-refractivity contribution in [3.05, 3.63) is 81.8 Å². The summed E-state index contributed by atoms with van der Waals surface area (Å²) < 4.78 is 0.653. The number of carbonyl (C=O) groups excluding carboxylic acids is 1. The fourth-order valence-electron chi connectivity index (χ4n) is 3.01. The van der Waals surface area contributed by atoms with Crippen LogP contribution in [0.4, 0.5) is 5.13 Å². The van der Waals surface area contributed by atoms with Crippen LogP contribution in [0.3, 0.4) is 0 Å². The highest BCUT2D eigenvalue weighted by molar-refractivity contribution is 7.15. The molecule has 0 radical (unpaired) electrons. The number of fused-ring (bicyclic) bond motifs is 1. The van der Waals surface area contributed by atoms with Crippen molar-refractivity contribution in [2.75, 3.05) is 11.9 Å². The second kappa shape index (κ2) is 7.23. The monoisotopic (exact) mass is 366 g/mol. The van der Waals surface area contributed by atoms with Crippen LogP contribution in [-0.2, 0) is 19.5 Å². The van der Waals surface area contributed by atoms with Gasteiger partial charge in [0.1, 0.15) is 0 Å². The van der Waals surface area contributed by atoms with Crippen LogP contribution in [0.25, 0.3) is 0 Å². The molecule has 0 saturated carbocycles. The van der Waals surface area contributed by atoms with Gasteiger partial charge in [-0.05, 0) is 5.56 Å². The molecule has 0 unspecified atom stereocenters. The Morgan fingerprint density at radius 3 is 2.77 bits per heavy atom. The molecule has 3 heterocycles. The van der Waals surface area contributed by atoms with Gasteiger partial charge in [-0.2, -0.15) is 4.73 Å². The van der Waals surface area contributed by atoms with Crippen LogP contribution in [0.1, 0.15) is 26.5 Å². The number of rotatable bonds is 4. The molecule has 0 fully saturated rings. The maximum Gasteiger partial charge on any atom is 0.257 e. The summed E-state index contributed by atoms with van der Waals surface area (Å²) in [6, 6.07) is 13.4. The number of aromatic nitrogens is 2. The van der Waals surface area contributed by atoms with E-state index < -0.39 is 0 Å². The van der Waals surface area contributed by atoms with E-state index in [0.29, 0.717) is 15.4 Å². The number of pyridine rings is 1. The van der Waals surface area contributed by atoms with Crippen LogP contribution in [-0.4, -0.2) is 22.3 Å². The first-order valence-electron chi connectivity index (χ1n) is 8.42. The molecule has 1 N–H and O–H groups in total. The molecule has 4 rings (SSSR count). The lowest BCUT2D eigenvalue weighted by atomic mass is 10.1. The van der Waals surface area contributed by atoms with E-state index in [1.54, 1.807) is 0 Å². The molecular weight excluding hydrogens is 348 g/mol. The van der Waals surface area contributed by atoms with Crippen LogP contribution in [0.2, 0.25) is 0 Å². The third-order valence-electron chi connectivity index (χ3n) is 4.34. The molecule has 132 valence electrons. The van der Waals surface area contributed by atoms with E-state index in [1.807, 2.05) is 6.07 Å². The second-order valence-corrected chi connectivity index (χ2v) is 7.32. The maximum atomic E-state index is 12.3. The van der Waals surface area contributed by atoms with Crippen LogP contribution < -0.4 is 10.0 Å². The number of hydrogen-bond acceptors (Lipinski definition) is 5. The number of hydrogen-bond donors (Lipinski definition) is 1. The zero-order valence-corrected chi connectivity index (χ0v) is 14.9. The summed E-state index contributed by atoms with van der Waals surface area (Å²) >= 11 is 1.52. The Bertz CT molecular complexity index is 909. The molecule has 0 spiro atoms. The summed E-state index contributed by atoms with van der Waals surface area (Å²) in [6.45, 7) is 2.72. The smallest absolute Gasteiger partial charge is 0.257 e. The third kappa shape index (κ3) is 3.74. The molecule has 1 aliphatic rings. The van der Waals surface area contributed by atoms with Gasteiger partial charge in [0, 0.05) is 43.1 Å². The first-order valence-corrected chi connectivity index (χ1v) is 9.24. The molecule has 0 aliphatic carbocycles. The highest BCUT2D eigenvalue weighted by Gasteiger charge is 2.21. The van der Waals surface area contributed by atoms with Crippen molar-refractivity contribution in [2.45, 2.75) is 19.5 Å². The highest BCUT2D eigenvalue weighted by atomic mass is 32.1. The van der Waals surface area contributed by atoms with Gasteiger partial charge in [-0.25, -0.2) is 4.98 Å². The second-order valence-electron chi connectivity index (χ2n) is 6.24. The molecule has 0 atom stereocenters. The van der Waals surface area contributed by atoms with E-state index in [2.05, 4.69) is 39.5 Å². The lowest BCUT2D eigenvalue weighted by Gasteiger charge is -2.25. The number of benzene rings is 1. The quantitative estimate of drug-likeness (QED) is 0.569. The van der Waals surface area contributed by atoms with Gasteiger partial charge in [0.25, 0.3) is 5.91 Å². The molecule has 7 heteroatoms. The van der Waals surface area contributed by atoms with Crippen LogP contribution >= 0.6 is 11.3 Å². The Kier molecular flexibility index (Phi) is 4.64. The molecule has 0 bridgehead atoms. The zero-order chi connectivity index (χ0) is 17.9. The summed E-state index contributed by atoms with van der Waals surface area (Å²) in [5, 5.41) is 14.5. The molecule has 1 aliphatic heterocycles. The number of thiazole rings is 1. The van der Waals surface area contributed by atoms with Crippen LogP contribution in [0.15, 0.2) is 54.9 Å². The number of anilines is 1. The summed E-state index contributed by atoms with van der Waals surface area (Å²) in [6.07, 6.45) is 3.50. The predicted molar refractivity (Wildman–Crippen MR) is 99.7 cm³/mol. The van der Waals surface area contributed by atoms with Gasteiger partial charge in [0.2, 0.25) is 0 Å². The molecular formula is C19H18N4O2S. The number of nitrogens with zero attached hydrogens (tertiary/aromatic N) is 3. The molecule has 1 aromatic carbocycles. The van der Waals surface area contributed by atoms with Crippen molar-refractivity contribution in [1.29, 1.82) is 0 Å². The maximum absolute atomic E-state index is 12.3. The Labute approximate surface area is 155 Å². The van der Waals surface area contributed by atoms with Gasteiger partial charge >= 0.3 is 0 Å². The topological polar surface area (TPSA) is 72.2 Å². The lowest BCUT2D eigenvalue weighted by Crippen LogP contribution is -2.29. The standard InChI is InChI=1S/C19H18N4O2S/c24-18(15-6-10-23(25)11-7-15)21-19-20-16-8-9-22(13-17(16)26-19)12-14-4-2-1-3-5-14/h1-7,10-11H,8-9,12-13H2,(H,20,21,24). The van der Waals surface area contributed by atoms with Crippen molar-refractivity contribution < 1.29 is 9.52 Å². The molecule has 3 aromatic rings. The fourth-order valence-corrected chi connectivity index (χ4v) is 4.06. The van der Waals surface area contributed by atoms with Crippen molar-refractivity contribution in [3.63, 3.8) is 0 Å². The van der Waals surface area contributed by atoms with Gasteiger partial charge in [-0.3, -0.25) is 15.0 Å². The average Bonchev–Trinajstić information content (AvgIpc) is 3.04. The van der Waals surface area contributed by atoms with Crippen molar-refractivity contribution in [1.82, 2.24) is 9.88 Å². The Balaban J connectivity index is 1.42. The van der Waals surface area contributed by atoms with Gasteiger partial charge < -0.3 is 5.21 Å². The van der Waals surface area contributed by atoms with Crippen molar-refractivity contribution in [2.24, 2.45) is 0 Å². The van der Waals surface area contributed by atoms with Gasteiger partial charge in [-0.15, -0.1) is 11.3 Å². The highest BCUT2D eigenvalue weighted by Crippen LogP contribution is 2.29. The summed E-state index contributed by atoms with van der Waals surface area (Å²) in [7, 11) is 0. The normalized spacial score (nSPS) is 14.0. The van der Waals surface area contributed by atoms with Gasteiger partial charge in [0.05, 0.1) is 11.3 Å². The SMILES string of the molecule is O=C(Nc1nc2c(s1)CN(Cc1ccccc1)CC2)c1cc[n+]([O-])cc1. The van der Waals surface area contributed by atoms with E-state index in [9.17, 15) is 10.0 Å². The minimum absolute atomic E-state index is 0.252. The third-order valence-corrected chi connectivity index (χ3v) is 5.34. The number of carbonyl (C=O) groups is 1. The predicted octanol–water partition coefficient (Wildman–Crippen LogP) is 2.59. The number of amides is 1. The van der Waals surface area contributed by atoms with Crippen molar-refractivity contribution >= 4 is 22.4 Å². The Morgan fingerprint density at radius 2 is 2.00 bits per heavy atom. The molecule has 1 amide bonds. The largest absolute Gasteiger partial charge is 0.619 e. The minimum Gasteiger partial charge on any atom is -0.619 e. The lowest BCUT2D eigenvalue weighted by molar-refractivity contribution is -0.605. The fraction of sp³-hybridized carbons (Fsp3) is 0.211. The van der Waals surface area contributed by atoms with Crippen molar-refractivity contribution in [3.8, 4) is 0 Å². The van der Waals surface area contributed by atoms with Crippen LogP contribution in [0, 0.1) is 5.21 Å². The first kappa shape index (κ1) is 16.7.